The van der Waals surface area contributed by atoms with Gasteiger partial charge in [-0.3, -0.25) is 0 Å². The summed E-state index contributed by atoms with van der Waals surface area (Å²) >= 11 is 0. The molecule has 1 N–H and O–H groups in total. The Labute approximate surface area is 35.2 Å². The zero-order chi connectivity index (χ0) is 5.15. The van der Waals surface area contributed by atoms with E-state index in [1.807, 2.05) is 0 Å². The molecule has 0 saturated carbocycles. The van der Waals surface area contributed by atoms with Gasteiger partial charge in [0.2, 0.25) is 6.10 Å². The smallest absolute Gasteiger partial charge is 0.232 e. The minimum absolute atomic E-state index is 1.55. The molecular weight excluding hydrogens is 84.0 g/mol. The van der Waals surface area contributed by atoms with Gasteiger partial charge in [-0.15, -0.1) is 0 Å². The number of aliphatic hydroxyl groups is 1. The van der Waals surface area contributed by atoms with E-state index in [4.69, 9.17) is 5.11 Å². The molecule has 0 aliphatic heterocycles. The maximum atomic E-state index is 9.28. The summed E-state index contributed by atoms with van der Waals surface area (Å²) in [5.41, 5.74) is 0. The van der Waals surface area contributed by atoms with Crippen LogP contribution in [-0.2, 0) is 4.79 Å². The molecule has 34 valence electrons. The van der Waals surface area contributed by atoms with E-state index in [-0.39, 0.29) is 0 Å². The van der Waals surface area contributed by atoms with Crippen molar-refractivity contribution in [1.29, 1.82) is 0 Å². The average Bonchev–Trinajstić information content (AvgIpc) is 1.36. The van der Waals surface area contributed by atoms with Gasteiger partial charge in [0.05, 0.1) is 6.92 Å². The predicted octanol–water partition coefficient (Wildman–Crippen LogP) is -2.07. The first-order valence-corrected chi connectivity index (χ1v) is 1.36. The summed E-state index contributed by atoms with van der Waals surface area (Å²) in [6.07, 6.45) is -1.59. The first-order chi connectivity index (χ1) is 2.64. The highest BCUT2D eigenvalue weighted by Gasteiger charge is 1.98. The second-order valence-electron chi connectivity index (χ2n) is 0.835. The van der Waals surface area contributed by atoms with Gasteiger partial charge >= 0.3 is 0 Å². The molecule has 0 rings (SSSR count). The highest BCUT2D eigenvalue weighted by molar-refractivity contribution is 5.70. The molecule has 0 saturated heterocycles. The molecule has 0 fully saturated rings. The van der Waals surface area contributed by atoms with Gasteiger partial charge in [-0.05, 0) is 0 Å². The lowest BCUT2D eigenvalue weighted by molar-refractivity contribution is -0.312. The molecule has 1 atom stereocenters. The van der Waals surface area contributed by atoms with Crippen molar-refractivity contribution in [1.82, 2.24) is 0 Å². The third-order valence-electron chi connectivity index (χ3n) is 0.272. The molecule has 0 aromatic carbocycles. The highest BCUT2D eigenvalue weighted by atomic mass is 16.4. The van der Waals surface area contributed by atoms with Gasteiger partial charge < -0.3 is 15.0 Å². The number of carboxylic acid groups (broad SMARTS) is 1. The van der Waals surface area contributed by atoms with Crippen molar-refractivity contribution in [3.63, 3.8) is 0 Å². The summed E-state index contributed by atoms with van der Waals surface area (Å²) in [5, 5.41) is 17.1. The van der Waals surface area contributed by atoms with Crippen molar-refractivity contribution in [3.05, 3.63) is 6.92 Å². The normalized spacial score (nSPS) is 13.5. The van der Waals surface area contributed by atoms with Crippen LogP contribution in [0.1, 0.15) is 0 Å². The van der Waals surface area contributed by atoms with Crippen molar-refractivity contribution >= 4 is 5.97 Å². The van der Waals surface area contributed by atoms with Crippen LogP contribution in [0.3, 0.4) is 0 Å². The first-order valence-electron chi connectivity index (χ1n) is 1.36. The fourth-order valence-electron chi connectivity index (χ4n) is 0. The van der Waals surface area contributed by atoms with E-state index in [9.17, 15) is 9.90 Å². The van der Waals surface area contributed by atoms with E-state index in [1.54, 1.807) is 0 Å². The van der Waals surface area contributed by atoms with E-state index in [1.165, 1.54) is 0 Å². The predicted molar refractivity (Wildman–Crippen MR) is 16.4 cm³/mol. The van der Waals surface area contributed by atoms with Crippen LogP contribution in [0.15, 0.2) is 0 Å². The summed E-state index contributed by atoms with van der Waals surface area (Å²) in [5.74, 6) is -1.55. The van der Waals surface area contributed by atoms with Gasteiger partial charge in [-0.2, -0.15) is 0 Å². The third-order valence-corrected chi connectivity index (χ3v) is 0.272. The molecule has 3 heteroatoms. The fraction of sp³-hybridized carbons (Fsp3) is 0.333. The highest BCUT2D eigenvalue weighted by Crippen LogP contribution is 1.68. The number of carboxylic acids is 1. The molecule has 0 amide bonds. The summed E-state index contributed by atoms with van der Waals surface area (Å²) in [6.45, 7) is 2.73. The van der Waals surface area contributed by atoms with Crippen molar-refractivity contribution < 1.29 is 15.0 Å². The summed E-state index contributed by atoms with van der Waals surface area (Å²) in [4.78, 5) is 9.28. The molecule has 3 nitrogen and oxygen atoms in total. The summed E-state index contributed by atoms with van der Waals surface area (Å²) < 4.78 is 0. The average molecular weight is 88.1 g/mol. The minimum Gasteiger partial charge on any atom is -0.543 e. The van der Waals surface area contributed by atoms with E-state index in [0.29, 0.717) is 0 Å². The van der Waals surface area contributed by atoms with Crippen LogP contribution in [0, 0.1) is 6.92 Å². The molecule has 0 aromatic heterocycles. The van der Waals surface area contributed by atoms with Gasteiger partial charge in [-0.25, -0.2) is 0 Å². The fourth-order valence-corrected chi connectivity index (χ4v) is 0. The quantitative estimate of drug-likeness (QED) is 0.374. The monoisotopic (exact) mass is 88.0 g/mol. The Hall–Kier alpha value is -0.700. The third kappa shape index (κ3) is 1.60. The van der Waals surface area contributed by atoms with Crippen molar-refractivity contribution in [2.45, 2.75) is 6.10 Å². The number of hydrogen-bond acceptors (Lipinski definition) is 3. The zero-order valence-corrected chi connectivity index (χ0v) is 3.05. The number of hydrogen-bond donors (Lipinski definition) is 1. The molecule has 0 radical (unpaired) electrons. The van der Waals surface area contributed by atoms with Crippen LogP contribution in [0.4, 0.5) is 0 Å². The second-order valence-corrected chi connectivity index (χ2v) is 0.835. The molecule has 0 spiro atoms. The molecule has 0 aliphatic rings. The van der Waals surface area contributed by atoms with Crippen LogP contribution in [0.25, 0.3) is 0 Å². The molecule has 0 aliphatic carbocycles. The van der Waals surface area contributed by atoms with Gasteiger partial charge in [-0.1, -0.05) is 0 Å². The lowest BCUT2D eigenvalue weighted by Crippen LogP contribution is -2.33. The Balaban J connectivity index is 3.26. The zero-order valence-electron chi connectivity index (χ0n) is 3.05. The van der Waals surface area contributed by atoms with Crippen LogP contribution >= 0.6 is 0 Å². The molecule has 1 unspecified atom stereocenters. The van der Waals surface area contributed by atoms with Gasteiger partial charge in [0, 0.05) is 0 Å². The number of carbonyl (C=O) groups excluding carboxylic acids is 1. The lowest BCUT2D eigenvalue weighted by atomic mass is 10.4. The van der Waals surface area contributed by atoms with Crippen molar-refractivity contribution in [2.24, 2.45) is 0 Å². The molecular formula is C3H4O3. The van der Waals surface area contributed by atoms with E-state index in [2.05, 4.69) is 6.92 Å². The Morgan fingerprint density at radius 1 is 2.00 bits per heavy atom. The van der Waals surface area contributed by atoms with Gasteiger partial charge in [0.1, 0.15) is 5.97 Å². The largest absolute Gasteiger partial charge is 0.543 e. The molecule has 0 aromatic rings. The standard InChI is InChI=1S/C3H4O3/c1-2(4)3(5)6/h2,4H,1H2. The van der Waals surface area contributed by atoms with Gasteiger partial charge in [0.25, 0.3) is 0 Å². The number of rotatable bonds is 1. The Bertz CT molecular complexity index is 57.1. The van der Waals surface area contributed by atoms with E-state index in [0.717, 1.165) is 0 Å². The molecule has 0 heterocycles. The maximum Gasteiger partial charge on any atom is 0.232 e. The maximum absolute atomic E-state index is 9.28. The topological polar surface area (TPSA) is 60.4 Å². The Morgan fingerprint density at radius 2 is 2.17 bits per heavy atom. The number of aliphatic hydroxyl groups excluding tert-OH is 1. The van der Waals surface area contributed by atoms with Crippen LogP contribution in [0.2, 0.25) is 0 Å². The second kappa shape index (κ2) is 1.67. The van der Waals surface area contributed by atoms with Gasteiger partial charge in [0.15, 0.2) is 0 Å². The SMILES string of the molecule is [CH2+]C(O)C(=O)[O-]. The summed E-state index contributed by atoms with van der Waals surface area (Å²) in [7, 11) is 0. The first kappa shape index (κ1) is 5.30. The van der Waals surface area contributed by atoms with Crippen LogP contribution in [-0.4, -0.2) is 17.2 Å². The lowest BCUT2D eigenvalue weighted by Gasteiger charge is -1.93. The van der Waals surface area contributed by atoms with Crippen molar-refractivity contribution in [2.75, 3.05) is 0 Å². The number of carbonyl (C=O) groups is 1. The molecule has 6 heavy (non-hydrogen) atoms. The summed E-state index contributed by atoms with van der Waals surface area (Å²) in [6, 6.07) is 0. The Morgan fingerprint density at radius 3 is 2.17 bits per heavy atom. The van der Waals surface area contributed by atoms with Crippen molar-refractivity contribution in [3.8, 4) is 0 Å². The Kier molecular flexibility index (Phi) is 1.47. The van der Waals surface area contributed by atoms with E-state index < -0.39 is 12.1 Å². The van der Waals surface area contributed by atoms with Crippen LogP contribution in [0.5, 0.6) is 0 Å². The minimum atomic E-state index is -1.59. The van der Waals surface area contributed by atoms with Crippen LogP contribution < -0.4 is 5.11 Å². The number of aliphatic carboxylic acids is 1. The molecule has 0 bridgehead atoms. The van der Waals surface area contributed by atoms with E-state index >= 15 is 0 Å².